The topological polar surface area (TPSA) is 65.5 Å². The summed E-state index contributed by atoms with van der Waals surface area (Å²) < 4.78 is 0. The van der Waals surface area contributed by atoms with Crippen molar-refractivity contribution in [1.29, 1.82) is 0 Å². The molecule has 2 saturated heterocycles. The minimum atomic E-state index is -0.00210. The van der Waals surface area contributed by atoms with Crippen LogP contribution in [0.2, 0.25) is 0 Å². The Balaban J connectivity index is 1.40. The van der Waals surface area contributed by atoms with Gasteiger partial charge in [-0.25, -0.2) is 9.97 Å². The molecule has 5 rings (SSSR count). The molecule has 2 aromatic rings. The molecule has 0 bridgehead atoms. The van der Waals surface area contributed by atoms with Crippen molar-refractivity contribution in [1.82, 2.24) is 24.8 Å². The third kappa shape index (κ3) is 4.28. The van der Waals surface area contributed by atoms with Crippen molar-refractivity contribution in [2.24, 2.45) is 0 Å². The first-order chi connectivity index (χ1) is 15.2. The lowest BCUT2D eigenvalue weighted by Crippen LogP contribution is -2.39. The van der Waals surface area contributed by atoms with Gasteiger partial charge in [0.05, 0.1) is 24.8 Å². The summed E-state index contributed by atoms with van der Waals surface area (Å²) in [5.74, 6) is 2.09. The van der Waals surface area contributed by atoms with Crippen molar-refractivity contribution < 1.29 is 4.79 Å². The number of pyridine rings is 1. The molecule has 5 heterocycles. The molecule has 0 aliphatic carbocycles. The number of likely N-dealkylation sites (tertiary alicyclic amines) is 2. The van der Waals surface area contributed by atoms with E-state index in [9.17, 15) is 4.79 Å². The highest BCUT2D eigenvalue weighted by Gasteiger charge is 2.34. The first-order valence-corrected chi connectivity index (χ1v) is 11.7. The van der Waals surface area contributed by atoms with E-state index in [-0.39, 0.29) is 11.9 Å². The summed E-state index contributed by atoms with van der Waals surface area (Å²) in [4.78, 5) is 34.2. The van der Waals surface area contributed by atoms with E-state index in [4.69, 9.17) is 9.97 Å². The van der Waals surface area contributed by atoms with Crippen LogP contribution in [-0.4, -0.2) is 63.4 Å². The highest BCUT2D eigenvalue weighted by atomic mass is 16.2. The Hall–Kier alpha value is -2.54. The van der Waals surface area contributed by atoms with E-state index in [1.807, 2.05) is 23.2 Å². The van der Waals surface area contributed by atoms with Gasteiger partial charge in [0, 0.05) is 30.5 Å². The van der Waals surface area contributed by atoms with E-state index >= 15 is 0 Å². The lowest BCUT2D eigenvalue weighted by atomic mass is 10.0. The summed E-state index contributed by atoms with van der Waals surface area (Å²) in [5.41, 5.74) is 3.36. The van der Waals surface area contributed by atoms with Crippen molar-refractivity contribution in [2.75, 3.05) is 37.6 Å². The molecular weight excluding hydrogens is 388 g/mol. The number of carbonyl (C=O) groups is 1. The van der Waals surface area contributed by atoms with Crippen molar-refractivity contribution >= 4 is 11.7 Å². The fraction of sp³-hybridized carbons (Fsp3) is 0.583. The zero-order chi connectivity index (χ0) is 21.2. The molecule has 0 spiro atoms. The Bertz CT molecular complexity index is 927. The zero-order valence-electron chi connectivity index (χ0n) is 18.5. The number of rotatable bonds is 5. The fourth-order valence-corrected chi connectivity index (χ4v) is 5.26. The molecule has 3 aliphatic heterocycles. The number of carbonyl (C=O) groups excluding carboxylic acids is 1. The Kier molecular flexibility index (Phi) is 5.85. The van der Waals surface area contributed by atoms with Crippen LogP contribution in [0, 0.1) is 6.92 Å². The van der Waals surface area contributed by atoms with E-state index in [2.05, 4.69) is 27.8 Å². The highest BCUT2D eigenvalue weighted by Crippen LogP contribution is 2.34. The molecular formula is C24H32N6O. The average molecular weight is 421 g/mol. The molecule has 2 fully saturated rings. The summed E-state index contributed by atoms with van der Waals surface area (Å²) in [6.45, 7) is 7.26. The van der Waals surface area contributed by atoms with E-state index in [1.54, 1.807) is 0 Å². The molecule has 0 N–H and O–H groups in total. The van der Waals surface area contributed by atoms with Gasteiger partial charge in [-0.15, -0.1) is 0 Å². The molecule has 3 aliphatic rings. The van der Waals surface area contributed by atoms with E-state index in [0.717, 1.165) is 81.4 Å². The van der Waals surface area contributed by atoms with Gasteiger partial charge in [-0.05, 0) is 70.7 Å². The Morgan fingerprint density at radius 2 is 1.94 bits per heavy atom. The number of hydrogen-bond donors (Lipinski definition) is 0. The molecule has 1 amide bonds. The fourth-order valence-electron chi connectivity index (χ4n) is 5.26. The van der Waals surface area contributed by atoms with Gasteiger partial charge >= 0.3 is 0 Å². The second-order valence-electron chi connectivity index (χ2n) is 9.04. The Morgan fingerprint density at radius 1 is 1.06 bits per heavy atom. The summed E-state index contributed by atoms with van der Waals surface area (Å²) >= 11 is 0. The molecule has 2 aromatic heterocycles. The predicted molar refractivity (Wildman–Crippen MR) is 120 cm³/mol. The van der Waals surface area contributed by atoms with Crippen LogP contribution in [0.3, 0.4) is 0 Å². The van der Waals surface area contributed by atoms with E-state index in [0.29, 0.717) is 6.54 Å². The van der Waals surface area contributed by atoms with Gasteiger partial charge in [0.2, 0.25) is 5.91 Å². The van der Waals surface area contributed by atoms with Crippen LogP contribution in [-0.2, 0) is 17.8 Å². The van der Waals surface area contributed by atoms with Gasteiger partial charge in [0.1, 0.15) is 5.82 Å². The molecule has 7 nitrogen and oxygen atoms in total. The van der Waals surface area contributed by atoms with Gasteiger partial charge in [-0.2, -0.15) is 0 Å². The van der Waals surface area contributed by atoms with Gasteiger partial charge < -0.3 is 9.80 Å². The smallest absolute Gasteiger partial charge is 0.237 e. The maximum Gasteiger partial charge on any atom is 0.237 e. The van der Waals surface area contributed by atoms with Crippen LogP contribution in [0.1, 0.15) is 60.9 Å². The van der Waals surface area contributed by atoms with Crippen LogP contribution < -0.4 is 4.90 Å². The predicted octanol–water partition coefficient (Wildman–Crippen LogP) is 2.89. The van der Waals surface area contributed by atoms with Crippen LogP contribution in [0.25, 0.3) is 0 Å². The van der Waals surface area contributed by atoms with Crippen molar-refractivity contribution in [3.8, 4) is 0 Å². The monoisotopic (exact) mass is 420 g/mol. The molecule has 7 heteroatoms. The Labute approximate surface area is 184 Å². The third-order valence-electron chi connectivity index (χ3n) is 6.87. The van der Waals surface area contributed by atoms with E-state index in [1.165, 1.54) is 18.4 Å². The second kappa shape index (κ2) is 8.91. The van der Waals surface area contributed by atoms with Gasteiger partial charge in [0.15, 0.2) is 5.82 Å². The van der Waals surface area contributed by atoms with Crippen LogP contribution >= 0.6 is 0 Å². The van der Waals surface area contributed by atoms with E-state index < -0.39 is 0 Å². The Morgan fingerprint density at radius 3 is 2.74 bits per heavy atom. The van der Waals surface area contributed by atoms with Crippen molar-refractivity contribution in [2.45, 2.75) is 58.0 Å². The lowest BCUT2D eigenvalue weighted by molar-refractivity contribution is -0.133. The molecule has 0 aromatic carbocycles. The number of hydrogen-bond acceptors (Lipinski definition) is 6. The normalized spacial score (nSPS) is 21.5. The minimum Gasteiger partial charge on any atom is -0.350 e. The summed E-state index contributed by atoms with van der Waals surface area (Å²) in [6, 6.07) is 6.05. The number of anilines is 1. The maximum absolute atomic E-state index is 13.1. The van der Waals surface area contributed by atoms with Crippen LogP contribution in [0.5, 0.6) is 0 Å². The number of fused-ring (bicyclic) bond motifs is 1. The number of aromatic nitrogens is 3. The molecule has 164 valence electrons. The molecule has 1 atom stereocenters. The lowest BCUT2D eigenvalue weighted by Gasteiger charge is -2.32. The first kappa shape index (κ1) is 20.4. The first-order valence-electron chi connectivity index (χ1n) is 11.7. The standard InChI is InChI=1S/C24H32N6O/c1-18-20-9-6-14-29(16-19-8-2-3-11-25-19)24(20)27-23(26-18)21-10-7-15-30(21)22(31)17-28-12-4-5-13-28/h2-3,8,11,21H,4-7,9-10,12-17H2,1H3/t21-/m1/s1. The second-order valence-corrected chi connectivity index (χ2v) is 9.04. The van der Waals surface area contributed by atoms with Crippen molar-refractivity contribution in [3.05, 3.63) is 47.2 Å². The number of amides is 1. The van der Waals surface area contributed by atoms with Gasteiger partial charge in [-0.3, -0.25) is 14.7 Å². The number of nitrogens with zero attached hydrogens (tertiary/aromatic N) is 6. The largest absolute Gasteiger partial charge is 0.350 e. The molecule has 0 saturated carbocycles. The third-order valence-corrected chi connectivity index (χ3v) is 6.87. The zero-order valence-corrected chi connectivity index (χ0v) is 18.5. The maximum atomic E-state index is 13.1. The SMILES string of the molecule is Cc1nc([C@H]2CCCN2C(=O)CN2CCCC2)nc2c1CCCN2Cc1ccccn1. The molecule has 0 radical (unpaired) electrons. The summed E-state index contributed by atoms with van der Waals surface area (Å²) in [7, 11) is 0. The number of aryl methyl sites for hydroxylation is 1. The minimum absolute atomic E-state index is 0.00210. The summed E-state index contributed by atoms with van der Waals surface area (Å²) in [5, 5.41) is 0. The molecule has 0 unspecified atom stereocenters. The average Bonchev–Trinajstić information content (AvgIpc) is 3.47. The highest BCUT2D eigenvalue weighted by molar-refractivity contribution is 5.79. The van der Waals surface area contributed by atoms with Gasteiger partial charge in [-0.1, -0.05) is 6.07 Å². The summed E-state index contributed by atoms with van der Waals surface area (Å²) in [6.07, 6.45) is 8.35. The van der Waals surface area contributed by atoms with Crippen LogP contribution in [0.15, 0.2) is 24.4 Å². The van der Waals surface area contributed by atoms with Crippen molar-refractivity contribution in [3.63, 3.8) is 0 Å². The van der Waals surface area contributed by atoms with Crippen LogP contribution in [0.4, 0.5) is 5.82 Å². The van der Waals surface area contributed by atoms with Gasteiger partial charge in [0.25, 0.3) is 0 Å². The molecule has 31 heavy (non-hydrogen) atoms. The quantitative estimate of drug-likeness (QED) is 0.741.